The first-order valence-corrected chi connectivity index (χ1v) is 6.24. The molecule has 0 heterocycles. The Kier molecular flexibility index (Phi) is 5.27. The van der Waals surface area contributed by atoms with Crippen LogP contribution in [0.5, 0.6) is 0 Å². The highest BCUT2D eigenvalue weighted by Crippen LogP contribution is 2.37. The lowest BCUT2D eigenvalue weighted by Gasteiger charge is -2.15. The highest BCUT2D eigenvalue weighted by molar-refractivity contribution is 7.81. The van der Waals surface area contributed by atoms with E-state index in [-0.39, 0.29) is 22.3 Å². The molecule has 3 N–H and O–H groups in total. The zero-order chi connectivity index (χ0) is 18.0. The van der Waals surface area contributed by atoms with Crippen molar-refractivity contribution in [2.24, 2.45) is 5.73 Å². The monoisotopic (exact) mass is 353 g/mol. The van der Waals surface area contributed by atoms with E-state index < -0.39 is 29.2 Å². The second-order valence-corrected chi connectivity index (χ2v) is 4.83. The first-order chi connectivity index (χ1) is 10.4. The van der Waals surface area contributed by atoms with E-state index in [1.165, 1.54) is 6.92 Å². The maximum absolute atomic E-state index is 12.7. The molecule has 0 saturated carbocycles. The molecule has 0 spiro atoms. The topological polar surface area (TPSA) is 61.8 Å². The third-order valence-electron chi connectivity index (χ3n) is 2.58. The molecule has 0 aliphatic carbocycles. The van der Waals surface area contributed by atoms with E-state index in [1.54, 1.807) is 6.07 Å². The standard InChI is InChI=1S/C13H9F6N3S/c1-6(21)10(5-20)11(23)22-9-3-7(12(14,15)16)2-8(4-9)13(17,18)19/h2-4H,21H2,1H3,(H,22,23)/b10-6+. The summed E-state index contributed by atoms with van der Waals surface area (Å²) in [6.07, 6.45) is -9.95. The van der Waals surface area contributed by atoms with Gasteiger partial charge >= 0.3 is 12.4 Å². The fourth-order valence-electron chi connectivity index (χ4n) is 1.54. The van der Waals surface area contributed by atoms with Crippen molar-refractivity contribution in [2.75, 3.05) is 5.32 Å². The molecule has 3 nitrogen and oxygen atoms in total. The summed E-state index contributed by atoms with van der Waals surface area (Å²) in [5.74, 6) is 0. The summed E-state index contributed by atoms with van der Waals surface area (Å²) >= 11 is 4.77. The molecule has 124 valence electrons. The van der Waals surface area contributed by atoms with Crippen molar-refractivity contribution in [3.05, 3.63) is 40.6 Å². The molecule has 0 saturated heterocycles. The first kappa shape index (κ1) is 18.8. The molecule has 1 rings (SSSR count). The maximum atomic E-state index is 12.7. The lowest BCUT2D eigenvalue weighted by Crippen LogP contribution is -2.17. The molecule has 0 unspecified atom stereocenters. The minimum atomic E-state index is -4.98. The first-order valence-electron chi connectivity index (χ1n) is 5.83. The molecule has 0 aliphatic heterocycles. The Morgan fingerprint density at radius 2 is 1.52 bits per heavy atom. The smallest absolute Gasteiger partial charge is 0.401 e. The number of anilines is 1. The van der Waals surface area contributed by atoms with Crippen LogP contribution >= 0.6 is 12.2 Å². The normalized spacial score (nSPS) is 13.1. The van der Waals surface area contributed by atoms with Gasteiger partial charge in [0, 0.05) is 11.4 Å². The van der Waals surface area contributed by atoms with Gasteiger partial charge in [0.2, 0.25) is 0 Å². The van der Waals surface area contributed by atoms with Crippen LogP contribution in [0, 0.1) is 11.3 Å². The summed E-state index contributed by atoms with van der Waals surface area (Å²) in [5, 5.41) is 11.0. The number of allylic oxidation sites excluding steroid dienone is 1. The van der Waals surface area contributed by atoms with Gasteiger partial charge in [0.25, 0.3) is 0 Å². The van der Waals surface area contributed by atoms with Crippen LogP contribution in [0.25, 0.3) is 0 Å². The average Bonchev–Trinajstić information content (AvgIpc) is 2.36. The third kappa shape index (κ3) is 4.85. The number of nitrogens with two attached hydrogens (primary N) is 1. The van der Waals surface area contributed by atoms with Crippen molar-refractivity contribution < 1.29 is 26.3 Å². The largest absolute Gasteiger partial charge is 0.416 e. The van der Waals surface area contributed by atoms with Gasteiger partial charge in [0.15, 0.2) is 0 Å². The lowest BCUT2D eigenvalue weighted by atomic mass is 10.1. The molecule has 0 bridgehead atoms. The zero-order valence-corrected chi connectivity index (χ0v) is 12.2. The van der Waals surface area contributed by atoms with Gasteiger partial charge < -0.3 is 11.1 Å². The van der Waals surface area contributed by atoms with Gasteiger partial charge in [-0.1, -0.05) is 12.2 Å². The van der Waals surface area contributed by atoms with Crippen LogP contribution in [0.4, 0.5) is 32.0 Å². The predicted molar refractivity (Wildman–Crippen MR) is 75.2 cm³/mol. The Morgan fingerprint density at radius 1 is 1.09 bits per heavy atom. The van der Waals surface area contributed by atoms with Crippen molar-refractivity contribution in [1.29, 1.82) is 5.26 Å². The van der Waals surface area contributed by atoms with Gasteiger partial charge in [-0.05, 0) is 25.1 Å². The molecule has 1 aromatic rings. The van der Waals surface area contributed by atoms with E-state index in [0.29, 0.717) is 12.1 Å². The number of halogens is 6. The Hall–Kier alpha value is -2.28. The number of hydrogen-bond donors (Lipinski definition) is 2. The number of nitrogens with one attached hydrogen (secondary N) is 1. The van der Waals surface area contributed by atoms with Crippen LogP contribution in [0.2, 0.25) is 0 Å². The van der Waals surface area contributed by atoms with Crippen LogP contribution in [0.15, 0.2) is 29.5 Å². The second-order valence-electron chi connectivity index (χ2n) is 4.42. The van der Waals surface area contributed by atoms with Crippen molar-refractivity contribution in [2.45, 2.75) is 19.3 Å². The predicted octanol–water partition coefficient (Wildman–Crippen LogP) is 4.22. The van der Waals surface area contributed by atoms with Gasteiger partial charge in [-0.25, -0.2) is 0 Å². The number of nitrogens with zero attached hydrogens (tertiary/aromatic N) is 1. The van der Waals surface area contributed by atoms with Crippen molar-refractivity contribution in [1.82, 2.24) is 0 Å². The number of nitriles is 1. The van der Waals surface area contributed by atoms with Crippen LogP contribution < -0.4 is 11.1 Å². The van der Waals surface area contributed by atoms with Crippen LogP contribution in [0.1, 0.15) is 18.1 Å². The number of thiocarbonyl (C=S) groups is 1. The van der Waals surface area contributed by atoms with Crippen molar-refractivity contribution in [3.8, 4) is 6.07 Å². The zero-order valence-electron chi connectivity index (χ0n) is 11.4. The molecule has 0 amide bonds. The maximum Gasteiger partial charge on any atom is 0.416 e. The SMILES string of the molecule is C/C(N)=C(/C#N)C(=S)Nc1cc(C(F)(F)F)cc(C(F)(F)F)c1. The summed E-state index contributed by atoms with van der Waals surface area (Å²) < 4.78 is 76.3. The fourth-order valence-corrected chi connectivity index (χ4v) is 1.86. The third-order valence-corrected chi connectivity index (χ3v) is 2.88. The van der Waals surface area contributed by atoms with Gasteiger partial charge in [-0.15, -0.1) is 0 Å². The molecule has 1 aromatic carbocycles. The quantitative estimate of drug-likeness (QED) is 0.362. The molecular weight excluding hydrogens is 344 g/mol. The van der Waals surface area contributed by atoms with Gasteiger partial charge in [-0.2, -0.15) is 31.6 Å². The molecule has 0 aliphatic rings. The van der Waals surface area contributed by atoms with Gasteiger partial charge in [0.1, 0.15) is 16.6 Å². The number of benzene rings is 1. The average molecular weight is 353 g/mol. The van der Waals surface area contributed by atoms with Crippen molar-refractivity contribution >= 4 is 22.9 Å². The Bertz CT molecular complexity index is 661. The van der Waals surface area contributed by atoms with Gasteiger partial charge in [0.05, 0.1) is 11.1 Å². The second kappa shape index (κ2) is 6.45. The van der Waals surface area contributed by atoms with Gasteiger partial charge in [-0.3, -0.25) is 0 Å². The number of alkyl halides is 6. The van der Waals surface area contributed by atoms with E-state index >= 15 is 0 Å². The van der Waals surface area contributed by atoms with E-state index in [4.69, 9.17) is 23.2 Å². The minimum absolute atomic E-state index is 0.0105. The minimum Gasteiger partial charge on any atom is -0.401 e. The number of hydrogen-bond acceptors (Lipinski definition) is 3. The summed E-state index contributed by atoms with van der Waals surface area (Å²) in [6.45, 7) is 1.32. The highest BCUT2D eigenvalue weighted by Gasteiger charge is 2.37. The summed E-state index contributed by atoms with van der Waals surface area (Å²) in [7, 11) is 0. The molecule has 0 radical (unpaired) electrons. The summed E-state index contributed by atoms with van der Waals surface area (Å²) in [4.78, 5) is -0.375. The Labute approximate surface area is 132 Å². The Balaban J connectivity index is 3.35. The van der Waals surface area contributed by atoms with Crippen LogP contribution in [-0.2, 0) is 12.4 Å². The van der Waals surface area contributed by atoms with Crippen LogP contribution in [-0.4, -0.2) is 4.99 Å². The molecule has 23 heavy (non-hydrogen) atoms. The van der Waals surface area contributed by atoms with E-state index in [1.807, 2.05) is 0 Å². The van der Waals surface area contributed by atoms with Crippen molar-refractivity contribution in [3.63, 3.8) is 0 Å². The van der Waals surface area contributed by atoms with E-state index in [9.17, 15) is 26.3 Å². The Morgan fingerprint density at radius 3 is 1.83 bits per heavy atom. The number of rotatable bonds is 2. The van der Waals surface area contributed by atoms with E-state index in [2.05, 4.69) is 5.32 Å². The molecule has 0 atom stereocenters. The summed E-state index contributed by atoms with van der Waals surface area (Å²) in [5.41, 5.74) is 1.56. The van der Waals surface area contributed by atoms with E-state index in [0.717, 1.165) is 0 Å². The van der Waals surface area contributed by atoms with Crippen LogP contribution in [0.3, 0.4) is 0 Å². The highest BCUT2D eigenvalue weighted by atomic mass is 32.1. The molecule has 0 aromatic heterocycles. The molecule has 0 fully saturated rings. The molecule has 10 heteroatoms. The fraction of sp³-hybridized carbons (Fsp3) is 0.231. The lowest BCUT2D eigenvalue weighted by molar-refractivity contribution is -0.143. The molecular formula is C13H9F6N3S. The summed E-state index contributed by atoms with van der Waals surface area (Å²) in [6, 6.07) is 2.53.